The maximum absolute atomic E-state index is 12.4. The molecule has 0 N–H and O–H groups in total. The zero-order valence-electron chi connectivity index (χ0n) is 15.6. The number of rotatable bonds is 3. The average molecular weight is 351 g/mol. The van der Waals surface area contributed by atoms with Gasteiger partial charge in [-0.25, -0.2) is 0 Å². The smallest absolute Gasteiger partial charge is 0.246 e. The zero-order chi connectivity index (χ0) is 18.7. The summed E-state index contributed by atoms with van der Waals surface area (Å²) in [5.41, 5.74) is 4.41. The third-order valence-electron chi connectivity index (χ3n) is 4.93. The molecule has 0 unspecified atom stereocenters. The molecule has 136 valence electrons. The van der Waals surface area contributed by atoms with Crippen LogP contribution in [0.15, 0.2) is 42.5 Å². The van der Waals surface area contributed by atoms with Gasteiger partial charge in [0.2, 0.25) is 11.8 Å². The maximum Gasteiger partial charge on any atom is 0.246 e. The first kappa shape index (κ1) is 18.0. The predicted octanol–water partition coefficient (Wildman–Crippen LogP) is 2.80. The van der Waals surface area contributed by atoms with Gasteiger partial charge in [-0.05, 0) is 43.7 Å². The molecule has 26 heavy (non-hydrogen) atoms. The first-order chi connectivity index (χ1) is 12.5. The number of benzene rings is 1. The molecule has 1 aliphatic rings. The Labute approximate surface area is 154 Å². The summed E-state index contributed by atoms with van der Waals surface area (Å²) < 4.78 is 2.19. The van der Waals surface area contributed by atoms with Crippen LogP contribution in [0.5, 0.6) is 0 Å². The van der Waals surface area contributed by atoms with Gasteiger partial charge in [0.25, 0.3) is 0 Å². The highest BCUT2D eigenvalue weighted by atomic mass is 16.2. The standard InChI is InChI=1S/C21H25N3O2/c1-16-15-19(17(2)24(16)20-7-5-4-6-8-20)9-10-21(26)23-13-11-22(12-14-23)18(3)25/h4-10,15H,11-14H2,1-3H3. The van der Waals surface area contributed by atoms with Gasteiger partial charge in [-0.1, -0.05) is 18.2 Å². The lowest BCUT2D eigenvalue weighted by atomic mass is 10.2. The minimum atomic E-state index is -0.00211. The van der Waals surface area contributed by atoms with Crippen LogP contribution in [0.1, 0.15) is 23.9 Å². The number of aryl methyl sites for hydroxylation is 1. The van der Waals surface area contributed by atoms with Crippen LogP contribution in [0.2, 0.25) is 0 Å². The number of hydrogen-bond acceptors (Lipinski definition) is 2. The molecule has 1 saturated heterocycles. The van der Waals surface area contributed by atoms with Crippen LogP contribution in [0.3, 0.4) is 0 Å². The van der Waals surface area contributed by atoms with E-state index >= 15 is 0 Å². The second-order valence-corrected chi connectivity index (χ2v) is 6.66. The summed E-state index contributed by atoms with van der Waals surface area (Å²) in [6, 6.07) is 12.3. The Bertz CT molecular complexity index is 828. The highest BCUT2D eigenvalue weighted by Crippen LogP contribution is 2.21. The molecular formula is C21H25N3O2. The van der Waals surface area contributed by atoms with Crippen molar-refractivity contribution in [1.29, 1.82) is 0 Å². The quantitative estimate of drug-likeness (QED) is 0.798. The minimum absolute atomic E-state index is 0.00211. The number of amides is 2. The Morgan fingerprint density at radius 1 is 0.962 bits per heavy atom. The second kappa shape index (κ2) is 7.60. The molecule has 1 aromatic heterocycles. The van der Waals surface area contributed by atoms with Crippen molar-refractivity contribution in [1.82, 2.24) is 14.4 Å². The van der Waals surface area contributed by atoms with E-state index in [2.05, 4.69) is 36.6 Å². The highest BCUT2D eigenvalue weighted by Gasteiger charge is 2.21. The fourth-order valence-corrected chi connectivity index (χ4v) is 3.44. The van der Waals surface area contributed by atoms with Gasteiger partial charge >= 0.3 is 0 Å². The van der Waals surface area contributed by atoms with Crippen LogP contribution in [0.4, 0.5) is 0 Å². The number of hydrogen-bond donors (Lipinski definition) is 0. The Balaban J connectivity index is 1.71. The average Bonchev–Trinajstić information content (AvgIpc) is 2.94. The van der Waals surface area contributed by atoms with E-state index in [0.717, 1.165) is 22.6 Å². The van der Waals surface area contributed by atoms with Crippen molar-refractivity contribution in [3.05, 3.63) is 59.4 Å². The molecule has 1 aromatic carbocycles. The molecular weight excluding hydrogens is 326 g/mol. The molecule has 1 aliphatic heterocycles. The van der Waals surface area contributed by atoms with Crippen molar-refractivity contribution in [2.75, 3.05) is 26.2 Å². The third kappa shape index (κ3) is 3.72. The summed E-state index contributed by atoms with van der Waals surface area (Å²) in [6.45, 7) is 8.10. The molecule has 1 fully saturated rings. The van der Waals surface area contributed by atoms with E-state index in [-0.39, 0.29) is 11.8 Å². The predicted molar refractivity (Wildman–Crippen MR) is 103 cm³/mol. The van der Waals surface area contributed by atoms with Crippen LogP contribution in [-0.4, -0.2) is 52.4 Å². The molecule has 5 heteroatoms. The summed E-state index contributed by atoms with van der Waals surface area (Å²) in [6.07, 6.45) is 3.53. The molecule has 2 amide bonds. The third-order valence-corrected chi connectivity index (χ3v) is 4.93. The fourth-order valence-electron chi connectivity index (χ4n) is 3.44. The van der Waals surface area contributed by atoms with Crippen molar-refractivity contribution in [3.63, 3.8) is 0 Å². The van der Waals surface area contributed by atoms with Crippen molar-refractivity contribution in [2.24, 2.45) is 0 Å². The van der Waals surface area contributed by atoms with Crippen LogP contribution >= 0.6 is 0 Å². The van der Waals surface area contributed by atoms with E-state index in [1.54, 1.807) is 22.8 Å². The summed E-state index contributed by atoms with van der Waals surface area (Å²) >= 11 is 0. The Morgan fingerprint density at radius 2 is 1.58 bits per heavy atom. The first-order valence-corrected chi connectivity index (χ1v) is 8.94. The van der Waals surface area contributed by atoms with Crippen LogP contribution in [-0.2, 0) is 9.59 Å². The summed E-state index contributed by atoms with van der Waals surface area (Å²) in [5.74, 6) is 0.0682. The fraction of sp³-hybridized carbons (Fsp3) is 0.333. The SMILES string of the molecule is CC(=O)N1CCN(C(=O)C=Cc2cc(C)n(-c3ccccc3)c2C)CC1. The molecule has 0 atom stereocenters. The van der Waals surface area contributed by atoms with E-state index in [1.807, 2.05) is 24.3 Å². The molecule has 0 radical (unpaired) electrons. The highest BCUT2D eigenvalue weighted by molar-refractivity contribution is 5.92. The van der Waals surface area contributed by atoms with Gasteiger partial charge in [0.1, 0.15) is 0 Å². The minimum Gasteiger partial charge on any atom is -0.339 e. The number of carbonyl (C=O) groups is 2. The Morgan fingerprint density at radius 3 is 2.19 bits per heavy atom. The Hall–Kier alpha value is -2.82. The first-order valence-electron chi connectivity index (χ1n) is 8.94. The zero-order valence-corrected chi connectivity index (χ0v) is 15.6. The molecule has 0 aliphatic carbocycles. The van der Waals surface area contributed by atoms with Crippen LogP contribution < -0.4 is 0 Å². The van der Waals surface area contributed by atoms with E-state index in [1.165, 1.54) is 0 Å². The van der Waals surface area contributed by atoms with Gasteiger partial charge in [-0.2, -0.15) is 0 Å². The summed E-state index contributed by atoms with van der Waals surface area (Å²) in [5, 5.41) is 0. The van der Waals surface area contributed by atoms with Gasteiger partial charge in [-0.3, -0.25) is 9.59 Å². The van der Waals surface area contributed by atoms with Crippen LogP contribution in [0.25, 0.3) is 11.8 Å². The van der Waals surface area contributed by atoms with Crippen molar-refractivity contribution in [2.45, 2.75) is 20.8 Å². The lowest BCUT2D eigenvalue weighted by molar-refractivity contribution is -0.135. The van der Waals surface area contributed by atoms with Gasteiger partial charge in [0.15, 0.2) is 0 Å². The number of carbonyl (C=O) groups excluding carboxylic acids is 2. The second-order valence-electron chi connectivity index (χ2n) is 6.66. The summed E-state index contributed by atoms with van der Waals surface area (Å²) in [7, 11) is 0. The van der Waals surface area contributed by atoms with E-state index in [4.69, 9.17) is 0 Å². The number of aromatic nitrogens is 1. The lowest BCUT2D eigenvalue weighted by Crippen LogP contribution is -2.49. The number of para-hydroxylation sites is 1. The molecule has 5 nitrogen and oxygen atoms in total. The number of piperazine rings is 1. The van der Waals surface area contributed by atoms with Crippen LogP contribution in [0, 0.1) is 13.8 Å². The Kier molecular flexibility index (Phi) is 5.26. The van der Waals surface area contributed by atoms with Gasteiger partial charge < -0.3 is 14.4 Å². The monoisotopic (exact) mass is 351 g/mol. The molecule has 3 rings (SSSR count). The van der Waals surface area contributed by atoms with E-state index < -0.39 is 0 Å². The topological polar surface area (TPSA) is 45.6 Å². The van der Waals surface area contributed by atoms with Gasteiger partial charge in [-0.15, -0.1) is 0 Å². The summed E-state index contributed by atoms with van der Waals surface area (Å²) in [4.78, 5) is 27.4. The van der Waals surface area contributed by atoms with Crippen molar-refractivity contribution in [3.8, 4) is 5.69 Å². The van der Waals surface area contributed by atoms with E-state index in [0.29, 0.717) is 26.2 Å². The molecule has 0 saturated carbocycles. The van der Waals surface area contributed by atoms with Gasteiger partial charge in [0.05, 0.1) is 0 Å². The van der Waals surface area contributed by atoms with Crippen molar-refractivity contribution < 1.29 is 9.59 Å². The van der Waals surface area contributed by atoms with Gasteiger partial charge in [0, 0.05) is 56.3 Å². The molecule has 0 bridgehead atoms. The maximum atomic E-state index is 12.4. The molecule has 2 aromatic rings. The normalized spacial score (nSPS) is 14.9. The lowest BCUT2D eigenvalue weighted by Gasteiger charge is -2.33. The largest absolute Gasteiger partial charge is 0.339 e. The molecule has 2 heterocycles. The number of nitrogens with zero attached hydrogens (tertiary/aromatic N) is 3. The van der Waals surface area contributed by atoms with E-state index in [9.17, 15) is 9.59 Å². The van der Waals surface area contributed by atoms with Crippen molar-refractivity contribution >= 4 is 17.9 Å². The molecule has 0 spiro atoms.